The van der Waals surface area contributed by atoms with Gasteiger partial charge in [-0.3, -0.25) is 0 Å². The second-order valence-electron chi connectivity index (χ2n) is 5.02. The van der Waals surface area contributed by atoms with E-state index in [0.717, 1.165) is 11.1 Å². The Morgan fingerprint density at radius 3 is 2.12 bits per heavy atom. The van der Waals surface area contributed by atoms with Gasteiger partial charge in [-0.15, -0.1) is 0 Å². The predicted molar refractivity (Wildman–Crippen MR) is 78.7 cm³/mol. The second kappa shape index (κ2) is 5.07. The number of halogens is 1. The molecule has 2 aromatic rings. The van der Waals surface area contributed by atoms with E-state index in [9.17, 15) is 0 Å². The highest BCUT2D eigenvalue weighted by Gasteiger charge is 2.24. The average Bonchev–Trinajstić information content (AvgIpc) is 2.33. The van der Waals surface area contributed by atoms with Gasteiger partial charge in [-0.2, -0.15) is 0 Å². The van der Waals surface area contributed by atoms with E-state index in [4.69, 9.17) is 11.6 Å². The largest absolute Gasteiger partial charge is 0.0849 e. The van der Waals surface area contributed by atoms with E-state index in [1.54, 1.807) is 0 Å². The minimum absolute atomic E-state index is 0.893. The highest BCUT2D eigenvalue weighted by atomic mass is 35.5. The molecular formula is C15H17ClSi. The molecule has 0 aliphatic heterocycles. The molecule has 0 amide bonds. The fourth-order valence-corrected chi connectivity index (χ4v) is 4.98. The quantitative estimate of drug-likeness (QED) is 0.731. The summed E-state index contributed by atoms with van der Waals surface area (Å²) in [6, 6.07) is 20.1. The Morgan fingerprint density at radius 1 is 0.882 bits per heavy atom. The van der Waals surface area contributed by atoms with Gasteiger partial charge in [0.1, 0.15) is 0 Å². The maximum absolute atomic E-state index is 6.24. The molecule has 2 heteroatoms. The summed E-state index contributed by atoms with van der Waals surface area (Å²) in [7, 11) is -1.44. The molecule has 0 N–H and O–H groups in total. The van der Waals surface area contributed by atoms with Crippen LogP contribution in [0.3, 0.4) is 0 Å². The smallest absolute Gasteiger partial charge is 0.0841 e. The number of benzene rings is 2. The normalized spacial score (nSPS) is 11.5. The minimum Gasteiger partial charge on any atom is -0.0841 e. The molecular weight excluding hydrogens is 244 g/mol. The van der Waals surface area contributed by atoms with E-state index in [1.165, 1.54) is 10.8 Å². The van der Waals surface area contributed by atoms with Crippen molar-refractivity contribution in [1.82, 2.24) is 0 Å². The second-order valence-corrected chi connectivity index (χ2v) is 10.1. The highest BCUT2D eigenvalue weighted by Crippen LogP contribution is 2.20. The maximum Gasteiger partial charge on any atom is 0.0849 e. The molecule has 0 spiro atoms. The van der Waals surface area contributed by atoms with Gasteiger partial charge in [0.05, 0.1) is 8.07 Å². The summed E-state index contributed by atoms with van der Waals surface area (Å²) in [5, 5.41) is 2.38. The van der Waals surface area contributed by atoms with Gasteiger partial charge in [0.25, 0.3) is 0 Å². The van der Waals surface area contributed by atoms with Crippen LogP contribution in [0.2, 0.25) is 18.1 Å². The molecule has 0 aliphatic rings. The van der Waals surface area contributed by atoms with Crippen molar-refractivity contribution >= 4 is 24.9 Å². The Bertz CT molecular complexity index is 491. The van der Waals surface area contributed by atoms with Crippen LogP contribution in [-0.2, 0) is 6.04 Å². The first kappa shape index (κ1) is 12.4. The lowest BCUT2D eigenvalue weighted by atomic mass is 10.2. The van der Waals surface area contributed by atoms with Crippen LogP contribution in [0.15, 0.2) is 54.6 Å². The molecule has 0 atom stereocenters. The zero-order valence-corrected chi connectivity index (χ0v) is 12.0. The van der Waals surface area contributed by atoms with Gasteiger partial charge in [0.2, 0.25) is 0 Å². The molecule has 2 rings (SSSR count). The van der Waals surface area contributed by atoms with E-state index in [2.05, 4.69) is 55.6 Å². The molecule has 0 fully saturated rings. The molecule has 0 aliphatic carbocycles. The molecule has 0 bridgehead atoms. The van der Waals surface area contributed by atoms with Gasteiger partial charge in [-0.25, -0.2) is 0 Å². The van der Waals surface area contributed by atoms with Crippen LogP contribution in [0.25, 0.3) is 0 Å². The van der Waals surface area contributed by atoms with Crippen LogP contribution < -0.4 is 5.19 Å². The Hall–Kier alpha value is -1.05. The zero-order chi connectivity index (χ0) is 12.3. The summed E-state index contributed by atoms with van der Waals surface area (Å²) < 4.78 is 0. The molecule has 0 unspecified atom stereocenters. The van der Waals surface area contributed by atoms with Crippen LogP contribution >= 0.6 is 11.6 Å². The summed E-state index contributed by atoms with van der Waals surface area (Å²) in [5.41, 5.74) is 1.27. The first-order valence-electron chi connectivity index (χ1n) is 5.88. The molecule has 0 radical (unpaired) electrons. The summed E-state index contributed by atoms with van der Waals surface area (Å²) in [5.74, 6) is 0. The van der Waals surface area contributed by atoms with Crippen molar-refractivity contribution in [2.45, 2.75) is 19.1 Å². The van der Waals surface area contributed by atoms with Gasteiger partial charge < -0.3 is 0 Å². The van der Waals surface area contributed by atoms with Crippen molar-refractivity contribution in [2.75, 3.05) is 0 Å². The van der Waals surface area contributed by atoms with E-state index < -0.39 is 8.07 Å². The van der Waals surface area contributed by atoms with Gasteiger partial charge >= 0.3 is 0 Å². The summed E-state index contributed by atoms with van der Waals surface area (Å²) in [4.78, 5) is 0. The third kappa shape index (κ3) is 2.99. The number of hydrogen-bond acceptors (Lipinski definition) is 0. The average molecular weight is 261 g/mol. The molecule has 0 aromatic heterocycles. The van der Waals surface area contributed by atoms with Crippen molar-refractivity contribution < 1.29 is 0 Å². The number of hydrogen-bond donors (Lipinski definition) is 0. The lowest BCUT2D eigenvalue weighted by Crippen LogP contribution is -2.43. The summed E-state index contributed by atoms with van der Waals surface area (Å²) in [6.07, 6.45) is 0. The number of rotatable bonds is 3. The lowest BCUT2D eigenvalue weighted by molar-refractivity contribution is 1.32. The predicted octanol–water partition coefficient (Wildman–Crippen LogP) is 4.04. The van der Waals surface area contributed by atoms with Crippen molar-refractivity contribution in [2.24, 2.45) is 0 Å². The molecule has 0 heterocycles. The summed E-state index contributed by atoms with van der Waals surface area (Å²) in [6.45, 7) is 4.79. The van der Waals surface area contributed by atoms with Gasteiger partial charge in [-0.05, 0) is 17.7 Å². The fourth-order valence-electron chi connectivity index (χ4n) is 2.11. The molecule has 0 saturated heterocycles. The van der Waals surface area contributed by atoms with Crippen molar-refractivity contribution in [3.8, 4) is 0 Å². The van der Waals surface area contributed by atoms with Crippen molar-refractivity contribution in [3.63, 3.8) is 0 Å². The van der Waals surface area contributed by atoms with Crippen molar-refractivity contribution in [1.29, 1.82) is 0 Å². The Labute approximate surface area is 109 Å². The van der Waals surface area contributed by atoms with Gasteiger partial charge in [0, 0.05) is 5.02 Å². The first-order valence-corrected chi connectivity index (χ1v) is 9.47. The van der Waals surface area contributed by atoms with Crippen LogP contribution in [0.5, 0.6) is 0 Å². The third-order valence-corrected chi connectivity index (χ3v) is 6.68. The SMILES string of the molecule is C[Si](C)(Cc1ccccc1Cl)c1ccccc1. The van der Waals surface area contributed by atoms with Gasteiger partial charge in [0.15, 0.2) is 0 Å². The topological polar surface area (TPSA) is 0 Å². The van der Waals surface area contributed by atoms with Crippen LogP contribution in [-0.4, -0.2) is 8.07 Å². The minimum atomic E-state index is -1.44. The van der Waals surface area contributed by atoms with E-state index in [-0.39, 0.29) is 0 Å². The van der Waals surface area contributed by atoms with Crippen molar-refractivity contribution in [3.05, 3.63) is 65.2 Å². The monoisotopic (exact) mass is 260 g/mol. The molecule has 2 aromatic carbocycles. The van der Waals surface area contributed by atoms with Crippen LogP contribution in [0.1, 0.15) is 5.56 Å². The Morgan fingerprint density at radius 2 is 1.47 bits per heavy atom. The summed E-state index contributed by atoms with van der Waals surface area (Å²) >= 11 is 6.24. The highest BCUT2D eigenvalue weighted by molar-refractivity contribution is 6.89. The van der Waals surface area contributed by atoms with Crippen LogP contribution in [0, 0.1) is 0 Å². The maximum atomic E-state index is 6.24. The molecule has 88 valence electrons. The third-order valence-electron chi connectivity index (χ3n) is 3.15. The fraction of sp³-hybridized carbons (Fsp3) is 0.200. The van der Waals surface area contributed by atoms with Crippen LogP contribution in [0.4, 0.5) is 0 Å². The zero-order valence-electron chi connectivity index (χ0n) is 10.3. The molecule has 17 heavy (non-hydrogen) atoms. The first-order chi connectivity index (χ1) is 8.09. The van der Waals surface area contributed by atoms with E-state index in [1.807, 2.05) is 12.1 Å². The van der Waals surface area contributed by atoms with E-state index >= 15 is 0 Å². The Kier molecular flexibility index (Phi) is 3.70. The molecule has 0 saturated carbocycles. The van der Waals surface area contributed by atoms with Gasteiger partial charge in [-0.1, -0.05) is 78.4 Å². The standard InChI is InChI=1S/C15H17ClSi/c1-17(2,14-9-4-3-5-10-14)12-13-8-6-7-11-15(13)16/h3-11H,12H2,1-2H3. The lowest BCUT2D eigenvalue weighted by Gasteiger charge is -2.23. The molecule has 0 nitrogen and oxygen atoms in total. The Balaban J connectivity index is 2.27. The van der Waals surface area contributed by atoms with E-state index in [0.29, 0.717) is 0 Å².